The highest BCUT2D eigenvalue weighted by atomic mass is 35.5. The van der Waals surface area contributed by atoms with E-state index < -0.39 is 5.91 Å². The maximum Gasteiger partial charge on any atom is 0.274 e. The van der Waals surface area contributed by atoms with Crippen molar-refractivity contribution in [3.63, 3.8) is 0 Å². The highest BCUT2D eigenvalue weighted by Gasteiger charge is 2.25. The molecule has 1 amide bonds. The largest absolute Gasteiger partial charge is 0.480 e. The SMILES string of the molecule is COc1nc(-c2cccc(-c3cccc(NC(=O)c4cc(C#N)c5c(n4)CN(CCO)CC5)c3Cl)c2Cl)cnc1CN1CCC(CO)C1. The molecular weight excluding hydrogens is 653 g/mol. The summed E-state index contributed by atoms with van der Waals surface area (Å²) in [4.78, 5) is 31.7. The van der Waals surface area contributed by atoms with Gasteiger partial charge in [-0.1, -0.05) is 53.5 Å². The molecule has 0 aliphatic carbocycles. The molecule has 2 aliphatic rings. The molecule has 0 spiro atoms. The summed E-state index contributed by atoms with van der Waals surface area (Å²) >= 11 is 13.9. The van der Waals surface area contributed by atoms with E-state index in [0.717, 1.165) is 25.1 Å². The number of β-amino-alcohol motifs (C(OH)–C–C–N with tert-alkyl or cyclic N) is 1. The van der Waals surface area contributed by atoms with E-state index in [0.29, 0.717) is 88.5 Å². The average molecular weight is 689 g/mol. The van der Waals surface area contributed by atoms with Gasteiger partial charge in [-0.2, -0.15) is 5.26 Å². The number of hydrogen-bond donors (Lipinski definition) is 3. The van der Waals surface area contributed by atoms with Crippen LogP contribution in [-0.2, 0) is 19.5 Å². The van der Waals surface area contributed by atoms with E-state index >= 15 is 0 Å². The molecule has 0 saturated carbocycles. The number of carbonyl (C=O) groups is 1. The smallest absolute Gasteiger partial charge is 0.274 e. The van der Waals surface area contributed by atoms with E-state index in [-0.39, 0.29) is 29.8 Å². The van der Waals surface area contributed by atoms with Crippen molar-refractivity contribution in [3.05, 3.63) is 86.9 Å². The minimum atomic E-state index is -0.504. The fraction of sp³-hybridized carbons (Fsp3) is 0.343. The van der Waals surface area contributed by atoms with Crippen LogP contribution in [0, 0.1) is 17.2 Å². The molecule has 2 aliphatic heterocycles. The number of halogens is 2. The van der Waals surface area contributed by atoms with Crippen molar-refractivity contribution in [3.8, 4) is 34.3 Å². The Morgan fingerprint density at radius 3 is 2.58 bits per heavy atom. The Bertz CT molecular complexity index is 1880. The molecule has 1 atom stereocenters. The topological polar surface area (TPSA) is 148 Å². The fourth-order valence-electron chi connectivity index (χ4n) is 6.32. The molecule has 1 saturated heterocycles. The van der Waals surface area contributed by atoms with Gasteiger partial charge in [-0.05, 0) is 43.0 Å². The Balaban J connectivity index is 1.25. The number of nitriles is 1. The molecule has 6 rings (SSSR count). The Morgan fingerprint density at radius 2 is 1.85 bits per heavy atom. The third-order valence-electron chi connectivity index (χ3n) is 8.85. The molecule has 13 heteroatoms. The molecule has 1 unspecified atom stereocenters. The average Bonchev–Trinajstić information content (AvgIpc) is 3.56. The number of hydrogen-bond acceptors (Lipinski definition) is 10. The van der Waals surface area contributed by atoms with Crippen molar-refractivity contribution in [2.75, 3.05) is 51.8 Å². The molecule has 4 heterocycles. The number of rotatable bonds is 10. The van der Waals surface area contributed by atoms with Crippen LogP contribution in [0.25, 0.3) is 22.4 Å². The molecule has 4 aromatic rings. The summed E-state index contributed by atoms with van der Waals surface area (Å²) in [6, 6.07) is 14.5. The van der Waals surface area contributed by atoms with E-state index in [1.807, 2.05) is 29.2 Å². The number of aromatic nitrogens is 3. The molecule has 2 aromatic heterocycles. The van der Waals surface area contributed by atoms with E-state index in [9.17, 15) is 20.3 Å². The first-order valence-electron chi connectivity index (χ1n) is 15.7. The molecule has 11 nitrogen and oxygen atoms in total. The van der Waals surface area contributed by atoms with Gasteiger partial charge in [0.15, 0.2) is 0 Å². The second-order valence-corrected chi connectivity index (χ2v) is 12.7. The summed E-state index contributed by atoms with van der Waals surface area (Å²) in [7, 11) is 1.56. The van der Waals surface area contributed by atoms with Crippen molar-refractivity contribution < 1.29 is 19.7 Å². The zero-order valence-corrected chi connectivity index (χ0v) is 27.9. The van der Waals surface area contributed by atoms with Crippen molar-refractivity contribution >= 4 is 34.8 Å². The number of aliphatic hydroxyl groups excluding tert-OH is 2. The fourth-order valence-corrected chi connectivity index (χ4v) is 6.92. The minimum absolute atomic E-state index is 0.0160. The van der Waals surface area contributed by atoms with E-state index in [2.05, 4.69) is 26.3 Å². The van der Waals surface area contributed by atoms with Gasteiger partial charge in [0.2, 0.25) is 5.88 Å². The summed E-state index contributed by atoms with van der Waals surface area (Å²) in [6.07, 6.45) is 3.23. The number of nitrogens with one attached hydrogen (secondary N) is 1. The molecule has 1 fully saturated rings. The highest BCUT2D eigenvalue weighted by molar-refractivity contribution is 6.39. The lowest BCUT2D eigenvalue weighted by molar-refractivity contribution is 0.102. The molecule has 2 aromatic carbocycles. The second-order valence-electron chi connectivity index (χ2n) is 11.9. The summed E-state index contributed by atoms with van der Waals surface area (Å²) < 4.78 is 5.61. The first-order valence-corrected chi connectivity index (χ1v) is 16.5. The number of fused-ring (bicyclic) bond motifs is 1. The zero-order chi connectivity index (χ0) is 33.8. The molecule has 0 radical (unpaired) electrons. The molecule has 3 N–H and O–H groups in total. The number of nitrogens with zero attached hydrogens (tertiary/aromatic N) is 6. The lowest BCUT2D eigenvalue weighted by atomic mass is 9.98. The van der Waals surface area contributed by atoms with Gasteiger partial charge in [0.25, 0.3) is 5.91 Å². The third kappa shape index (κ3) is 7.00. The van der Waals surface area contributed by atoms with Crippen molar-refractivity contribution in [2.24, 2.45) is 5.92 Å². The Labute approximate surface area is 288 Å². The predicted octanol–water partition coefficient (Wildman–Crippen LogP) is 4.81. The first-order chi connectivity index (χ1) is 23.3. The van der Waals surface area contributed by atoms with Crippen molar-refractivity contribution in [2.45, 2.75) is 25.9 Å². The van der Waals surface area contributed by atoms with Crippen LogP contribution in [0.2, 0.25) is 10.0 Å². The standard InChI is InChI=1S/C35H35Cl2N7O4/c1-48-35-31(19-44-10-8-21(17-44)20-46)39-16-29(42-35)26-6-2-4-24(32(26)36)25-5-3-7-27(33(25)37)41-34(47)28-14-22(15-38)23-9-11-43(12-13-45)18-30(23)40-28/h2-7,14,16,21,45-46H,8-13,17-20H2,1H3,(H,41,47). The van der Waals surface area contributed by atoms with Gasteiger partial charge in [-0.25, -0.2) is 9.97 Å². The van der Waals surface area contributed by atoms with Gasteiger partial charge in [0.05, 0.1) is 58.7 Å². The number of amides is 1. The minimum Gasteiger partial charge on any atom is -0.480 e. The van der Waals surface area contributed by atoms with Gasteiger partial charge >= 0.3 is 0 Å². The van der Waals surface area contributed by atoms with Crippen LogP contribution in [-0.4, -0.2) is 87.4 Å². The number of methoxy groups -OCH3 is 1. The van der Waals surface area contributed by atoms with Gasteiger partial charge in [0.1, 0.15) is 11.4 Å². The number of carbonyl (C=O) groups excluding carboxylic acids is 1. The summed E-state index contributed by atoms with van der Waals surface area (Å²) in [5, 5.41) is 32.2. The Morgan fingerprint density at radius 1 is 1.08 bits per heavy atom. The van der Waals surface area contributed by atoms with Crippen LogP contribution in [0.1, 0.15) is 39.4 Å². The van der Waals surface area contributed by atoms with Gasteiger partial charge in [0, 0.05) is 56.0 Å². The van der Waals surface area contributed by atoms with Crippen LogP contribution >= 0.6 is 23.2 Å². The molecule has 248 valence electrons. The van der Waals surface area contributed by atoms with E-state index in [1.165, 1.54) is 6.07 Å². The monoisotopic (exact) mass is 687 g/mol. The lowest BCUT2D eigenvalue weighted by Crippen LogP contribution is -2.34. The normalized spacial score (nSPS) is 16.4. The van der Waals surface area contributed by atoms with E-state index in [4.69, 9.17) is 32.9 Å². The van der Waals surface area contributed by atoms with Crippen LogP contribution in [0.4, 0.5) is 5.69 Å². The molecule has 0 bridgehead atoms. The van der Waals surface area contributed by atoms with Crippen LogP contribution < -0.4 is 10.1 Å². The third-order valence-corrected chi connectivity index (χ3v) is 9.66. The quantitative estimate of drug-likeness (QED) is 0.212. The Kier molecular flexibility index (Phi) is 10.5. The number of aliphatic hydroxyl groups is 2. The van der Waals surface area contributed by atoms with E-state index in [1.54, 1.807) is 25.4 Å². The second kappa shape index (κ2) is 15.0. The Hall–Kier alpha value is -4.15. The maximum absolute atomic E-state index is 13.4. The summed E-state index contributed by atoms with van der Waals surface area (Å²) in [6.45, 7) is 4.07. The maximum atomic E-state index is 13.4. The van der Waals surface area contributed by atoms with Gasteiger partial charge in [-0.3, -0.25) is 19.6 Å². The van der Waals surface area contributed by atoms with Gasteiger partial charge < -0.3 is 20.3 Å². The number of ether oxygens (including phenoxy) is 1. The van der Waals surface area contributed by atoms with Crippen molar-refractivity contribution in [1.29, 1.82) is 5.26 Å². The molecular formula is C35H35Cl2N7O4. The van der Waals surface area contributed by atoms with Crippen LogP contribution in [0.3, 0.4) is 0 Å². The predicted molar refractivity (Wildman–Crippen MR) is 183 cm³/mol. The first kappa shape index (κ1) is 33.7. The number of likely N-dealkylation sites (tertiary alicyclic amines) is 1. The number of pyridine rings is 1. The highest BCUT2D eigenvalue weighted by Crippen LogP contribution is 2.41. The van der Waals surface area contributed by atoms with Crippen LogP contribution in [0.5, 0.6) is 5.88 Å². The summed E-state index contributed by atoms with van der Waals surface area (Å²) in [5.41, 5.74) is 5.46. The number of benzene rings is 2. The summed E-state index contributed by atoms with van der Waals surface area (Å²) in [5.74, 6) is 0.167. The lowest BCUT2D eigenvalue weighted by Gasteiger charge is -2.28. The zero-order valence-electron chi connectivity index (χ0n) is 26.4. The van der Waals surface area contributed by atoms with Gasteiger partial charge in [-0.15, -0.1) is 0 Å². The molecule has 48 heavy (non-hydrogen) atoms. The van der Waals surface area contributed by atoms with Crippen LogP contribution in [0.15, 0.2) is 48.7 Å². The number of anilines is 1. The van der Waals surface area contributed by atoms with Crippen molar-refractivity contribution in [1.82, 2.24) is 24.8 Å².